The summed E-state index contributed by atoms with van der Waals surface area (Å²) in [5, 5.41) is 13.0. The van der Waals surface area contributed by atoms with Crippen molar-refractivity contribution in [1.82, 2.24) is 21.3 Å². The summed E-state index contributed by atoms with van der Waals surface area (Å²) in [5.41, 5.74) is 0. The Hall–Kier alpha value is -1.44. The lowest BCUT2D eigenvalue weighted by atomic mass is 10.1. The van der Waals surface area contributed by atoms with Gasteiger partial charge in [-0.05, 0) is 65.1 Å². The van der Waals surface area contributed by atoms with Crippen LogP contribution in [0.5, 0.6) is 0 Å². The number of hydrogen-bond acceptors (Lipinski definition) is 4. The maximum absolute atomic E-state index is 12.5. The van der Waals surface area contributed by atoms with E-state index in [2.05, 4.69) is 40.3 Å². The largest absolute Gasteiger partial charge is 0.346 e. The molecule has 0 aliphatic carbocycles. The molecule has 2 unspecified atom stereocenters. The zero-order valence-electron chi connectivity index (χ0n) is 27.4. The first kappa shape index (κ1) is 38.6. The number of likely N-dealkylation sites (N-methyl/N-ethyl adjacent to an activating group) is 1. The quantitative estimate of drug-likeness (QED) is 0.0402. The Bertz CT molecular complexity index is 633. The molecule has 4 N–H and O–H groups in total. The fraction of sp³-hybridized carbons (Fsp3) is 0.879. The van der Waals surface area contributed by atoms with Crippen LogP contribution in [-0.2, 0) is 9.59 Å². The summed E-state index contributed by atoms with van der Waals surface area (Å²) in [7, 11) is 6.09. The third-order valence-corrected chi connectivity index (χ3v) is 7.43. The Kier molecular flexibility index (Phi) is 25.5. The highest BCUT2D eigenvalue weighted by Crippen LogP contribution is 2.10. The Morgan fingerprint density at radius 3 is 1.68 bits per heavy atom. The fourth-order valence-corrected chi connectivity index (χ4v) is 4.95. The van der Waals surface area contributed by atoms with Crippen molar-refractivity contribution in [3.63, 3.8) is 0 Å². The van der Waals surface area contributed by atoms with E-state index in [1.807, 2.05) is 35.0 Å². The van der Waals surface area contributed by atoms with Gasteiger partial charge in [-0.1, -0.05) is 83.8 Å². The molecule has 0 spiro atoms. The molecule has 7 nitrogen and oxygen atoms in total. The molecule has 0 aliphatic heterocycles. The summed E-state index contributed by atoms with van der Waals surface area (Å²) in [4.78, 5) is 24.3. The van der Waals surface area contributed by atoms with Crippen molar-refractivity contribution in [2.75, 3.05) is 47.3 Å². The SMILES string of the molecule is CCCCCCCC/C=C/CCCCCCCCNCCCNCCC(=O)NC(C(C)NC(=O)CC)[N+](C)(C)C. The number of hydrogen-bond donors (Lipinski definition) is 4. The Morgan fingerprint density at radius 2 is 1.12 bits per heavy atom. The van der Waals surface area contributed by atoms with E-state index in [1.54, 1.807) is 0 Å². The van der Waals surface area contributed by atoms with Crippen LogP contribution in [0.3, 0.4) is 0 Å². The monoisotopic (exact) mass is 567 g/mol. The van der Waals surface area contributed by atoms with Crippen LogP contribution in [0.25, 0.3) is 0 Å². The van der Waals surface area contributed by atoms with Crippen LogP contribution in [0.15, 0.2) is 12.2 Å². The van der Waals surface area contributed by atoms with E-state index in [4.69, 9.17) is 0 Å². The van der Waals surface area contributed by atoms with Gasteiger partial charge in [0.1, 0.15) is 0 Å². The van der Waals surface area contributed by atoms with Gasteiger partial charge in [-0.3, -0.25) is 9.59 Å². The molecule has 0 aromatic heterocycles. The predicted molar refractivity (Wildman–Crippen MR) is 172 cm³/mol. The van der Waals surface area contributed by atoms with Crippen LogP contribution in [0.2, 0.25) is 0 Å². The summed E-state index contributed by atoms with van der Waals surface area (Å²) >= 11 is 0. The number of quaternary nitrogens is 1. The van der Waals surface area contributed by atoms with Crippen molar-refractivity contribution in [1.29, 1.82) is 0 Å². The third kappa shape index (κ3) is 24.4. The molecule has 236 valence electrons. The van der Waals surface area contributed by atoms with E-state index in [0.717, 1.165) is 26.1 Å². The molecular formula is C33H68N5O2+. The molecule has 0 aliphatic rings. The molecule has 2 atom stereocenters. The van der Waals surface area contributed by atoms with Crippen molar-refractivity contribution in [3.05, 3.63) is 12.2 Å². The van der Waals surface area contributed by atoms with Gasteiger partial charge in [-0.15, -0.1) is 0 Å². The summed E-state index contributed by atoms with van der Waals surface area (Å²) in [6, 6.07) is -0.137. The van der Waals surface area contributed by atoms with Crippen molar-refractivity contribution in [2.45, 2.75) is 142 Å². The molecule has 0 saturated carbocycles. The third-order valence-electron chi connectivity index (χ3n) is 7.43. The van der Waals surface area contributed by atoms with E-state index in [-0.39, 0.29) is 24.0 Å². The highest BCUT2D eigenvalue weighted by Gasteiger charge is 2.32. The topological polar surface area (TPSA) is 82.3 Å². The molecular weight excluding hydrogens is 498 g/mol. The van der Waals surface area contributed by atoms with E-state index in [0.29, 0.717) is 23.9 Å². The minimum Gasteiger partial charge on any atom is -0.346 e. The smallest absolute Gasteiger partial charge is 0.225 e. The molecule has 0 rings (SSSR count). The van der Waals surface area contributed by atoms with Gasteiger partial charge >= 0.3 is 0 Å². The Labute approximate surface area is 248 Å². The van der Waals surface area contributed by atoms with E-state index >= 15 is 0 Å². The number of carbonyl (C=O) groups excluding carboxylic acids is 2. The first-order valence-corrected chi connectivity index (χ1v) is 16.7. The molecule has 0 aromatic carbocycles. The second-order valence-corrected chi connectivity index (χ2v) is 12.4. The van der Waals surface area contributed by atoms with Crippen LogP contribution < -0.4 is 21.3 Å². The first-order valence-electron chi connectivity index (χ1n) is 16.7. The van der Waals surface area contributed by atoms with Crippen molar-refractivity contribution < 1.29 is 14.1 Å². The maximum Gasteiger partial charge on any atom is 0.225 e. The maximum atomic E-state index is 12.5. The van der Waals surface area contributed by atoms with Gasteiger partial charge in [0.2, 0.25) is 11.8 Å². The van der Waals surface area contributed by atoms with Crippen molar-refractivity contribution in [3.8, 4) is 0 Å². The molecule has 40 heavy (non-hydrogen) atoms. The van der Waals surface area contributed by atoms with E-state index in [9.17, 15) is 9.59 Å². The van der Waals surface area contributed by atoms with Crippen molar-refractivity contribution >= 4 is 11.8 Å². The number of nitrogens with zero attached hydrogens (tertiary/aromatic N) is 1. The van der Waals surface area contributed by atoms with Crippen LogP contribution in [0, 0.1) is 0 Å². The Balaban J connectivity index is 3.56. The average molecular weight is 567 g/mol. The van der Waals surface area contributed by atoms with Gasteiger partial charge in [0.25, 0.3) is 0 Å². The molecule has 0 fully saturated rings. The molecule has 0 radical (unpaired) electrons. The van der Waals surface area contributed by atoms with Gasteiger partial charge in [-0.25, -0.2) is 0 Å². The zero-order valence-corrected chi connectivity index (χ0v) is 27.4. The zero-order chi connectivity index (χ0) is 29.9. The summed E-state index contributed by atoms with van der Waals surface area (Å²) in [6.45, 7) is 9.76. The molecule has 7 heteroatoms. The lowest BCUT2D eigenvalue weighted by Crippen LogP contribution is -2.64. The van der Waals surface area contributed by atoms with Gasteiger partial charge in [0.15, 0.2) is 6.17 Å². The van der Waals surface area contributed by atoms with Crippen LogP contribution >= 0.6 is 0 Å². The number of nitrogens with one attached hydrogen (secondary N) is 4. The second-order valence-electron chi connectivity index (χ2n) is 12.4. The summed E-state index contributed by atoms with van der Waals surface area (Å²) in [6.07, 6.45) is 25.4. The fourth-order valence-electron chi connectivity index (χ4n) is 4.95. The van der Waals surface area contributed by atoms with Crippen LogP contribution in [-0.4, -0.2) is 75.8 Å². The number of unbranched alkanes of at least 4 members (excludes halogenated alkanes) is 12. The summed E-state index contributed by atoms with van der Waals surface area (Å²) < 4.78 is 0.549. The van der Waals surface area contributed by atoms with Gasteiger partial charge in [0.05, 0.1) is 27.2 Å². The number of allylic oxidation sites excluding steroid dienone is 2. The van der Waals surface area contributed by atoms with Gasteiger partial charge in [-0.2, -0.15) is 0 Å². The van der Waals surface area contributed by atoms with Crippen LogP contribution in [0.4, 0.5) is 0 Å². The average Bonchev–Trinajstić information content (AvgIpc) is 2.91. The minimum absolute atomic E-state index is 0.00292. The minimum atomic E-state index is -0.172. The standard InChI is InChI=1S/C33H67N5O2/c1-7-9-10-11-12-13-14-15-16-17-18-19-20-21-22-23-26-34-27-24-28-35-29-25-32(40)37-33(38(4,5)6)30(3)36-31(39)8-2/h15-16,30,33-35H,7-14,17-29H2,1-6H3,(H-,36,37,39,40)/p+1/b16-15+. The van der Waals surface area contributed by atoms with Gasteiger partial charge < -0.3 is 25.8 Å². The molecule has 0 aromatic rings. The predicted octanol–water partition coefficient (Wildman–Crippen LogP) is 6.05. The number of rotatable bonds is 28. The Morgan fingerprint density at radius 1 is 0.625 bits per heavy atom. The highest BCUT2D eigenvalue weighted by molar-refractivity contribution is 5.77. The van der Waals surface area contributed by atoms with Crippen molar-refractivity contribution in [2.24, 2.45) is 0 Å². The first-order chi connectivity index (χ1) is 19.2. The highest BCUT2D eigenvalue weighted by atomic mass is 16.2. The lowest BCUT2D eigenvalue weighted by molar-refractivity contribution is -0.899. The number of amides is 2. The molecule has 0 bridgehead atoms. The number of carbonyl (C=O) groups is 2. The van der Waals surface area contributed by atoms with E-state index < -0.39 is 0 Å². The van der Waals surface area contributed by atoms with E-state index in [1.165, 1.54) is 89.9 Å². The van der Waals surface area contributed by atoms with Crippen LogP contribution in [0.1, 0.15) is 130 Å². The molecule has 0 saturated heterocycles. The van der Waals surface area contributed by atoms with Gasteiger partial charge in [0, 0.05) is 19.4 Å². The molecule has 2 amide bonds. The lowest BCUT2D eigenvalue weighted by Gasteiger charge is -2.38. The normalized spacial score (nSPS) is 13.4. The summed E-state index contributed by atoms with van der Waals surface area (Å²) in [5.74, 6) is 0.0179. The molecule has 0 heterocycles. The second kappa shape index (κ2) is 26.5.